The number of anilines is 1. The van der Waals surface area contributed by atoms with Gasteiger partial charge in [-0.15, -0.1) is 11.3 Å². The van der Waals surface area contributed by atoms with Crippen molar-refractivity contribution in [3.8, 4) is 0 Å². The van der Waals surface area contributed by atoms with Gasteiger partial charge in [0, 0.05) is 22.6 Å². The third-order valence-corrected chi connectivity index (χ3v) is 5.85. The van der Waals surface area contributed by atoms with Crippen molar-refractivity contribution < 1.29 is 19.3 Å². The van der Waals surface area contributed by atoms with Gasteiger partial charge in [0.1, 0.15) is 6.04 Å². The zero-order chi connectivity index (χ0) is 22.0. The van der Waals surface area contributed by atoms with Crippen molar-refractivity contribution >= 4 is 40.4 Å². The van der Waals surface area contributed by atoms with Crippen LogP contribution in [0.3, 0.4) is 0 Å². The van der Waals surface area contributed by atoms with Crippen molar-refractivity contribution in [2.45, 2.75) is 19.0 Å². The molecule has 8 nitrogen and oxygen atoms in total. The Morgan fingerprint density at radius 1 is 1.10 bits per heavy atom. The number of rotatable bonds is 6. The third kappa shape index (κ3) is 4.08. The number of non-ortho nitro benzene ring substituents is 1. The van der Waals surface area contributed by atoms with Crippen LogP contribution in [0.1, 0.15) is 21.7 Å². The van der Waals surface area contributed by atoms with E-state index >= 15 is 0 Å². The van der Waals surface area contributed by atoms with Crippen LogP contribution in [0.5, 0.6) is 0 Å². The topological polar surface area (TPSA) is 101 Å². The van der Waals surface area contributed by atoms with Crippen molar-refractivity contribution in [3.63, 3.8) is 0 Å². The van der Waals surface area contributed by atoms with Crippen LogP contribution in [-0.2, 0) is 16.1 Å². The summed E-state index contributed by atoms with van der Waals surface area (Å²) in [5.74, 6) is -1.44. The lowest BCUT2D eigenvalue weighted by Crippen LogP contribution is -2.45. The summed E-state index contributed by atoms with van der Waals surface area (Å²) in [5.41, 5.74) is 0.310. The molecule has 1 fully saturated rings. The number of amides is 3. The molecule has 0 aliphatic carbocycles. The highest BCUT2D eigenvalue weighted by Crippen LogP contribution is 2.28. The molecule has 9 heteroatoms. The fourth-order valence-electron chi connectivity index (χ4n) is 3.52. The fourth-order valence-corrected chi connectivity index (χ4v) is 4.22. The van der Waals surface area contributed by atoms with E-state index in [9.17, 15) is 24.5 Å². The first-order chi connectivity index (χ1) is 15.0. The molecule has 1 saturated heterocycles. The molecule has 0 spiro atoms. The predicted octanol–water partition coefficient (Wildman–Crippen LogP) is 3.63. The molecule has 31 heavy (non-hydrogen) atoms. The van der Waals surface area contributed by atoms with Gasteiger partial charge in [-0.25, -0.2) is 4.90 Å². The summed E-state index contributed by atoms with van der Waals surface area (Å²) in [7, 11) is 0. The Balaban J connectivity index is 1.69. The van der Waals surface area contributed by atoms with Crippen LogP contribution in [-0.4, -0.2) is 33.6 Å². The van der Waals surface area contributed by atoms with Crippen LogP contribution in [0.4, 0.5) is 11.4 Å². The van der Waals surface area contributed by atoms with Crippen LogP contribution in [0.25, 0.3) is 0 Å². The highest BCUT2D eigenvalue weighted by atomic mass is 32.1. The van der Waals surface area contributed by atoms with Gasteiger partial charge in [-0.2, -0.15) is 0 Å². The minimum Gasteiger partial charge on any atom is -0.321 e. The lowest BCUT2D eigenvalue weighted by atomic mass is 10.1. The number of hydrogen-bond acceptors (Lipinski definition) is 6. The largest absolute Gasteiger partial charge is 0.321 e. The zero-order valence-electron chi connectivity index (χ0n) is 16.2. The molecule has 4 rings (SSSR count). The van der Waals surface area contributed by atoms with E-state index in [1.165, 1.54) is 40.5 Å². The number of carbonyl (C=O) groups is 3. The zero-order valence-corrected chi connectivity index (χ0v) is 17.0. The number of para-hydroxylation sites is 1. The van der Waals surface area contributed by atoms with Crippen LogP contribution in [0.15, 0.2) is 72.1 Å². The Labute approximate surface area is 181 Å². The van der Waals surface area contributed by atoms with Crippen LogP contribution in [0.2, 0.25) is 0 Å². The van der Waals surface area contributed by atoms with Gasteiger partial charge >= 0.3 is 0 Å². The normalized spacial score (nSPS) is 15.9. The minimum atomic E-state index is -0.999. The Bertz CT molecular complexity index is 1150. The van der Waals surface area contributed by atoms with Crippen LogP contribution in [0, 0.1) is 10.1 Å². The first-order valence-electron chi connectivity index (χ1n) is 9.45. The molecule has 2 aromatic carbocycles. The molecule has 3 aromatic rings. The van der Waals surface area contributed by atoms with Gasteiger partial charge in [-0.3, -0.25) is 24.5 Å². The van der Waals surface area contributed by atoms with E-state index < -0.39 is 28.7 Å². The van der Waals surface area contributed by atoms with Gasteiger partial charge in [0.25, 0.3) is 17.5 Å². The first kappa shape index (κ1) is 20.4. The highest BCUT2D eigenvalue weighted by Gasteiger charge is 2.44. The summed E-state index contributed by atoms with van der Waals surface area (Å²) >= 11 is 1.42. The standard InChI is InChI=1S/C22H17N3O5S/c26-20-13-19(22(28)24(20)16-7-2-1-3-8-16)23(14-18-10-5-11-31-18)21(27)15-6-4-9-17(12-15)25(29)30/h1-12,19H,13-14H2. The van der Waals surface area contributed by atoms with Crippen molar-refractivity contribution in [1.82, 2.24) is 4.90 Å². The van der Waals surface area contributed by atoms with E-state index in [-0.39, 0.29) is 24.2 Å². The smallest absolute Gasteiger partial charge is 0.270 e. The molecule has 0 radical (unpaired) electrons. The highest BCUT2D eigenvalue weighted by molar-refractivity contribution is 7.09. The number of benzene rings is 2. The average molecular weight is 435 g/mol. The summed E-state index contributed by atoms with van der Waals surface area (Å²) in [4.78, 5) is 53.0. The molecule has 2 heterocycles. The second kappa shape index (κ2) is 8.49. The first-order valence-corrected chi connectivity index (χ1v) is 10.3. The molecule has 1 aliphatic rings. The second-order valence-electron chi connectivity index (χ2n) is 6.94. The van der Waals surface area contributed by atoms with Gasteiger partial charge in [0.2, 0.25) is 5.91 Å². The number of imide groups is 1. The third-order valence-electron chi connectivity index (χ3n) is 4.98. The van der Waals surface area contributed by atoms with Crippen LogP contribution >= 0.6 is 11.3 Å². The number of nitro benzene ring substituents is 1. The lowest BCUT2D eigenvalue weighted by Gasteiger charge is -2.27. The second-order valence-corrected chi connectivity index (χ2v) is 7.97. The number of nitro groups is 1. The summed E-state index contributed by atoms with van der Waals surface area (Å²) in [5, 5.41) is 13.0. The van der Waals surface area contributed by atoms with Crippen molar-refractivity contribution in [2.75, 3.05) is 4.90 Å². The molecular weight excluding hydrogens is 418 g/mol. The molecule has 0 N–H and O–H groups in total. The van der Waals surface area contributed by atoms with E-state index in [4.69, 9.17) is 0 Å². The quantitative estimate of drug-likeness (QED) is 0.334. The predicted molar refractivity (Wildman–Crippen MR) is 115 cm³/mol. The van der Waals surface area contributed by atoms with Gasteiger partial charge in [-0.1, -0.05) is 30.3 Å². The van der Waals surface area contributed by atoms with Gasteiger partial charge < -0.3 is 4.90 Å². The lowest BCUT2D eigenvalue weighted by molar-refractivity contribution is -0.384. The Morgan fingerprint density at radius 2 is 1.87 bits per heavy atom. The van der Waals surface area contributed by atoms with E-state index in [1.54, 1.807) is 30.3 Å². The van der Waals surface area contributed by atoms with Crippen molar-refractivity contribution in [3.05, 3.63) is 92.7 Å². The number of nitrogens with zero attached hydrogens (tertiary/aromatic N) is 3. The number of carbonyl (C=O) groups excluding carboxylic acids is 3. The minimum absolute atomic E-state index is 0.0872. The van der Waals surface area contributed by atoms with E-state index in [0.29, 0.717) is 5.69 Å². The van der Waals surface area contributed by atoms with E-state index in [2.05, 4.69) is 0 Å². The summed E-state index contributed by atoms with van der Waals surface area (Å²) in [6.07, 6.45) is -0.153. The Kier molecular flexibility index (Phi) is 5.59. The molecule has 1 aliphatic heterocycles. The molecule has 1 atom stereocenters. The summed E-state index contributed by atoms with van der Waals surface area (Å²) in [6, 6.07) is 16.6. The summed E-state index contributed by atoms with van der Waals surface area (Å²) in [6.45, 7) is 0.117. The van der Waals surface area contributed by atoms with E-state index in [1.807, 2.05) is 17.5 Å². The van der Waals surface area contributed by atoms with Crippen LogP contribution < -0.4 is 4.90 Å². The molecular formula is C22H17N3O5S. The monoisotopic (exact) mass is 435 g/mol. The molecule has 1 unspecified atom stereocenters. The molecule has 3 amide bonds. The van der Waals surface area contributed by atoms with Gasteiger partial charge in [0.05, 0.1) is 23.6 Å². The molecule has 156 valence electrons. The van der Waals surface area contributed by atoms with E-state index in [0.717, 1.165) is 9.78 Å². The maximum Gasteiger partial charge on any atom is 0.270 e. The Morgan fingerprint density at radius 3 is 2.55 bits per heavy atom. The maximum absolute atomic E-state index is 13.4. The summed E-state index contributed by atoms with van der Waals surface area (Å²) < 4.78 is 0. The molecule has 1 aromatic heterocycles. The van der Waals surface area contributed by atoms with Gasteiger partial charge in [0.15, 0.2) is 0 Å². The van der Waals surface area contributed by atoms with Crippen molar-refractivity contribution in [1.29, 1.82) is 0 Å². The van der Waals surface area contributed by atoms with Crippen molar-refractivity contribution in [2.24, 2.45) is 0 Å². The van der Waals surface area contributed by atoms with Gasteiger partial charge in [-0.05, 0) is 29.6 Å². The molecule has 0 saturated carbocycles. The SMILES string of the molecule is O=C1CC(N(Cc2cccs2)C(=O)c2cccc([N+](=O)[O-])c2)C(=O)N1c1ccccc1. The molecule has 0 bridgehead atoms. The number of thiophene rings is 1. The fraction of sp³-hybridized carbons (Fsp3) is 0.136. The average Bonchev–Trinajstić information content (AvgIpc) is 3.39. The Hall–Kier alpha value is -3.85. The maximum atomic E-state index is 13.4. The number of hydrogen-bond donors (Lipinski definition) is 0.